The van der Waals surface area contributed by atoms with E-state index in [-0.39, 0.29) is 24.4 Å². The van der Waals surface area contributed by atoms with Crippen LogP contribution < -0.4 is 15.5 Å². The van der Waals surface area contributed by atoms with Gasteiger partial charge in [0.15, 0.2) is 0 Å². The molecule has 2 aliphatic heterocycles. The molecule has 2 N–H and O–H groups in total. The van der Waals surface area contributed by atoms with Crippen LogP contribution in [0.2, 0.25) is 0 Å². The van der Waals surface area contributed by atoms with Gasteiger partial charge in [0.1, 0.15) is 5.82 Å². The van der Waals surface area contributed by atoms with E-state index in [9.17, 15) is 9.59 Å². The van der Waals surface area contributed by atoms with E-state index in [1.165, 1.54) is 0 Å². The Morgan fingerprint density at radius 3 is 2.67 bits per heavy atom. The first-order valence-electron chi connectivity index (χ1n) is 10.3. The lowest BCUT2D eigenvalue weighted by molar-refractivity contribution is -0.121. The number of ether oxygens (including phenoxy) is 1. The van der Waals surface area contributed by atoms with Crippen molar-refractivity contribution in [1.29, 1.82) is 0 Å². The largest absolute Gasteiger partial charge is 0.378 e. The molecule has 2 aliphatic rings. The predicted molar refractivity (Wildman–Crippen MR) is 113 cm³/mol. The van der Waals surface area contributed by atoms with Crippen LogP contribution in [0.1, 0.15) is 23.6 Å². The lowest BCUT2D eigenvalue weighted by Crippen LogP contribution is -2.43. The van der Waals surface area contributed by atoms with Crippen molar-refractivity contribution in [2.45, 2.75) is 19.0 Å². The Morgan fingerprint density at radius 2 is 1.93 bits per heavy atom. The second-order valence-electron chi connectivity index (χ2n) is 7.46. The third kappa shape index (κ3) is 4.88. The standard InChI is InChI=1S/C22H27N5O3/c28-21-14-19(18-4-2-1-3-5-18)27(9-8-23-21)22(29)25-16-17-6-7-20(24-15-17)26-10-12-30-13-11-26/h1-7,15,19H,8-14,16H2,(H,23,28)(H,25,29)/t19-/m0/s1. The number of amides is 3. The highest BCUT2D eigenvalue weighted by atomic mass is 16.5. The Morgan fingerprint density at radius 1 is 1.13 bits per heavy atom. The quantitative estimate of drug-likeness (QED) is 0.803. The molecule has 0 unspecified atom stereocenters. The minimum atomic E-state index is -0.282. The zero-order valence-electron chi connectivity index (χ0n) is 16.9. The number of carbonyl (C=O) groups is 2. The highest BCUT2D eigenvalue weighted by Gasteiger charge is 2.29. The molecule has 1 atom stereocenters. The smallest absolute Gasteiger partial charge is 0.318 e. The van der Waals surface area contributed by atoms with Crippen LogP contribution in [-0.4, -0.2) is 61.2 Å². The zero-order valence-corrected chi connectivity index (χ0v) is 16.9. The number of morpholine rings is 1. The number of hydrogen-bond acceptors (Lipinski definition) is 5. The summed E-state index contributed by atoms with van der Waals surface area (Å²) in [6.45, 7) is 4.41. The molecule has 2 fully saturated rings. The summed E-state index contributed by atoms with van der Waals surface area (Å²) in [6.07, 6.45) is 2.06. The number of pyridine rings is 1. The van der Waals surface area contributed by atoms with Gasteiger partial charge in [0.2, 0.25) is 5.91 Å². The van der Waals surface area contributed by atoms with Gasteiger partial charge in [-0.25, -0.2) is 9.78 Å². The van der Waals surface area contributed by atoms with Crippen molar-refractivity contribution >= 4 is 17.8 Å². The molecule has 0 spiro atoms. The van der Waals surface area contributed by atoms with Gasteiger partial charge < -0.3 is 25.2 Å². The summed E-state index contributed by atoms with van der Waals surface area (Å²) in [6, 6.07) is 13.2. The van der Waals surface area contributed by atoms with Crippen LogP contribution in [0.3, 0.4) is 0 Å². The van der Waals surface area contributed by atoms with Gasteiger partial charge >= 0.3 is 6.03 Å². The molecule has 2 saturated heterocycles. The molecule has 2 aromatic rings. The summed E-state index contributed by atoms with van der Waals surface area (Å²) in [5.74, 6) is 0.886. The van der Waals surface area contributed by atoms with E-state index in [4.69, 9.17) is 4.74 Å². The van der Waals surface area contributed by atoms with E-state index in [1.54, 1.807) is 11.1 Å². The third-order valence-corrected chi connectivity index (χ3v) is 5.46. The van der Waals surface area contributed by atoms with Gasteiger partial charge in [-0.2, -0.15) is 0 Å². The normalized spacial score (nSPS) is 19.7. The number of nitrogens with zero attached hydrogens (tertiary/aromatic N) is 3. The Balaban J connectivity index is 1.39. The van der Waals surface area contributed by atoms with Crippen LogP contribution in [0.15, 0.2) is 48.7 Å². The molecule has 0 aliphatic carbocycles. The van der Waals surface area contributed by atoms with E-state index in [0.717, 1.165) is 43.2 Å². The van der Waals surface area contributed by atoms with Crippen molar-refractivity contribution in [1.82, 2.24) is 20.5 Å². The van der Waals surface area contributed by atoms with Gasteiger partial charge in [0.05, 0.1) is 25.7 Å². The van der Waals surface area contributed by atoms with Crippen LogP contribution in [0, 0.1) is 0 Å². The van der Waals surface area contributed by atoms with Gasteiger partial charge in [0, 0.05) is 38.9 Å². The van der Waals surface area contributed by atoms with Crippen molar-refractivity contribution < 1.29 is 14.3 Å². The highest BCUT2D eigenvalue weighted by molar-refractivity contribution is 5.80. The fourth-order valence-electron chi connectivity index (χ4n) is 3.83. The highest BCUT2D eigenvalue weighted by Crippen LogP contribution is 2.25. The van der Waals surface area contributed by atoms with E-state index in [2.05, 4.69) is 20.5 Å². The molecule has 8 heteroatoms. The summed E-state index contributed by atoms with van der Waals surface area (Å²) in [5.41, 5.74) is 1.89. The van der Waals surface area contributed by atoms with Crippen molar-refractivity contribution in [3.05, 3.63) is 59.8 Å². The van der Waals surface area contributed by atoms with Crippen molar-refractivity contribution in [2.75, 3.05) is 44.3 Å². The molecule has 1 aromatic heterocycles. The SMILES string of the molecule is O=C1C[C@@H](c2ccccc2)N(C(=O)NCc2ccc(N3CCOCC3)nc2)CCN1. The second kappa shape index (κ2) is 9.58. The first kappa shape index (κ1) is 20.2. The average molecular weight is 409 g/mol. The molecule has 3 heterocycles. The Labute approximate surface area is 176 Å². The van der Waals surface area contributed by atoms with Crippen LogP contribution in [0.25, 0.3) is 0 Å². The van der Waals surface area contributed by atoms with E-state index < -0.39 is 0 Å². The Kier molecular flexibility index (Phi) is 6.44. The first-order chi connectivity index (χ1) is 14.7. The first-order valence-corrected chi connectivity index (χ1v) is 10.3. The lowest BCUT2D eigenvalue weighted by Gasteiger charge is -2.30. The van der Waals surface area contributed by atoms with E-state index in [1.807, 2.05) is 42.5 Å². The third-order valence-electron chi connectivity index (χ3n) is 5.46. The number of anilines is 1. The number of nitrogens with one attached hydrogen (secondary N) is 2. The van der Waals surface area contributed by atoms with Gasteiger partial charge in [-0.05, 0) is 17.2 Å². The average Bonchev–Trinajstić information content (AvgIpc) is 3.00. The molecule has 4 rings (SSSR count). The number of carbonyl (C=O) groups excluding carboxylic acids is 2. The molecule has 3 amide bonds. The molecule has 0 saturated carbocycles. The van der Waals surface area contributed by atoms with E-state index >= 15 is 0 Å². The minimum absolute atomic E-state index is 0.0398. The van der Waals surface area contributed by atoms with E-state index in [0.29, 0.717) is 19.6 Å². The molecule has 158 valence electrons. The zero-order chi connectivity index (χ0) is 20.8. The summed E-state index contributed by atoms with van der Waals surface area (Å²) < 4.78 is 5.38. The van der Waals surface area contributed by atoms with Gasteiger partial charge in [-0.3, -0.25) is 4.79 Å². The van der Waals surface area contributed by atoms with Gasteiger partial charge in [0.25, 0.3) is 0 Å². The summed E-state index contributed by atoms with van der Waals surface area (Å²) in [5, 5.41) is 5.84. The monoisotopic (exact) mass is 409 g/mol. The molecular formula is C22H27N5O3. The number of aromatic nitrogens is 1. The minimum Gasteiger partial charge on any atom is -0.378 e. The van der Waals surface area contributed by atoms with Crippen LogP contribution in [0.5, 0.6) is 0 Å². The fourth-order valence-corrected chi connectivity index (χ4v) is 3.83. The van der Waals surface area contributed by atoms with Crippen molar-refractivity contribution in [2.24, 2.45) is 0 Å². The lowest BCUT2D eigenvalue weighted by atomic mass is 10.0. The number of hydrogen-bond donors (Lipinski definition) is 2. The molecule has 0 bridgehead atoms. The van der Waals surface area contributed by atoms with Crippen molar-refractivity contribution in [3.63, 3.8) is 0 Å². The molecule has 0 radical (unpaired) electrons. The van der Waals surface area contributed by atoms with Crippen LogP contribution >= 0.6 is 0 Å². The molecule has 1 aromatic carbocycles. The summed E-state index contributed by atoms with van der Waals surface area (Å²) >= 11 is 0. The predicted octanol–water partition coefficient (Wildman–Crippen LogP) is 1.69. The maximum Gasteiger partial charge on any atom is 0.318 e. The van der Waals surface area contributed by atoms with Crippen LogP contribution in [-0.2, 0) is 16.1 Å². The molecular weight excluding hydrogens is 382 g/mol. The number of benzene rings is 1. The number of urea groups is 1. The van der Waals surface area contributed by atoms with Crippen molar-refractivity contribution in [3.8, 4) is 0 Å². The number of rotatable bonds is 4. The fraction of sp³-hybridized carbons (Fsp3) is 0.409. The maximum absolute atomic E-state index is 13.0. The van der Waals surface area contributed by atoms with Gasteiger partial charge in [-0.15, -0.1) is 0 Å². The maximum atomic E-state index is 13.0. The molecule has 30 heavy (non-hydrogen) atoms. The molecule has 8 nitrogen and oxygen atoms in total. The topological polar surface area (TPSA) is 86.8 Å². The second-order valence-corrected chi connectivity index (χ2v) is 7.46. The van der Waals surface area contributed by atoms with Crippen LogP contribution in [0.4, 0.5) is 10.6 Å². The summed E-state index contributed by atoms with van der Waals surface area (Å²) in [4.78, 5) is 33.5. The Hall–Kier alpha value is -3.13. The van der Waals surface area contributed by atoms with Gasteiger partial charge in [-0.1, -0.05) is 36.4 Å². The Bertz CT molecular complexity index is 853. The summed E-state index contributed by atoms with van der Waals surface area (Å²) in [7, 11) is 0.